The molecule has 1 atom stereocenters. The SMILES string of the molecule is CCCCCCCOC(=O)C1Cc2ccccc2CN1. The Morgan fingerprint density at radius 2 is 1.95 bits per heavy atom. The Kier molecular flexibility index (Phi) is 6.06. The van der Waals surface area contributed by atoms with Crippen LogP contribution in [0.4, 0.5) is 0 Å². The molecule has 3 nitrogen and oxygen atoms in total. The zero-order valence-electron chi connectivity index (χ0n) is 12.4. The van der Waals surface area contributed by atoms with Gasteiger partial charge >= 0.3 is 5.97 Å². The smallest absolute Gasteiger partial charge is 0.323 e. The molecule has 0 aromatic heterocycles. The lowest BCUT2D eigenvalue weighted by molar-refractivity contribution is -0.146. The maximum absolute atomic E-state index is 12.0. The zero-order valence-corrected chi connectivity index (χ0v) is 12.4. The molecule has 20 heavy (non-hydrogen) atoms. The van der Waals surface area contributed by atoms with Gasteiger partial charge in [-0.1, -0.05) is 56.9 Å². The highest BCUT2D eigenvalue weighted by molar-refractivity contribution is 5.76. The molecule has 110 valence electrons. The van der Waals surface area contributed by atoms with Crippen molar-refractivity contribution in [3.05, 3.63) is 35.4 Å². The molecule has 1 aromatic carbocycles. The first-order valence-corrected chi connectivity index (χ1v) is 7.78. The van der Waals surface area contributed by atoms with Crippen molar-refractivity contribution in [1.82, 2.24) is 5.32 Å². The number of esters is 1. The fourth-order valence-electron chi connectivity index (χ4n) is 2.60. The molecule has 0 amide bonds. The van der Waals surface area contributed by atoms with Gasteiger partial charge in [0.05, 0.1) is 6.61 Å². The Morgan fingerprint density at radius 3 is 2.75 bits per heavy atom. The Balaban J connectivity index is 1.69. The third-order valence-corrected chi connectivity index (χ3v) is 3.86. The summed E-state index contributed by atoms with van der Waals surface area (Å²) in [5.41, 5.74) is 2.55. The van der Waals surface area contributed by atoms with Crippen LogP contribution in [-0.4, -0.2) is 18.6 Å². The third-order valence-electron chi connectivity index (χ3n) is 3.86. The average molecular weight is 275 g/mol. The van der Waals surface area contributed by atoms with Gasteiger partial charge in [-0.25, -0.2) is 0 Å². The van der Waals surface area contributed by atoms with Crippen LogP contribution in [0.5, 0.6) is 0 Å². The van der Waals surface area contributed by atoms with E-state index in [0.717, 1.165) is 25.8 Å². The number of nitrogens with one attached hydrogen (secondary N) is 1. The van der Waals surface area contributed by atoms with Gasteiger partial charge in [-0.05, 0) is 24.0 Å². The first kappa shape index (κ1) is 15.0. The average Bonchev–Trinajstić information content (AvgIpc) is 2.50. The van der Waals surface area contributed by atoms with E-state index < -0.39 is 0 Å². The molecule has 1 aromatic rings. The highest BCUT2D eigenvalue weighted by Crippen LogP contribution is 2.17. The molecule has 1 aliphatic rings. The summed E-state index contributed by atoms with van der Waals surface area (Å²) >= 11 is 0. The molecule has 3 heteroatoms. The summed E-state index contributed by atoms with van der Waals surface area (Å²) in [7, 11) is 0. The Morgan fingerprint density at radius 1 is 1.20 bits per heavy atom. The number of unbranched alkanes of at least 4 members (excludes halogenated alkanes) is 4. The summed E-state index contributed by atoms with van der Waals surface area (Å²) in [5.74, 6) is -0.102. The normalized spacial score (nSPS) is 17.6. The van der Waals surface area contributed by atoms with E-state index in [2.05, 4.69) is 24.4 Å². The second kappa shape index (κ2) is 8.05. The van der Waals surface area contributed by atoms with Gasteiger partial charge in [-0.15, -0.1) is 0 Å². The minimum Gasteiger partial charge on any atom is -0.465 e. The minimum absolute atomic E-state index is 0.102. The van der Waals surface area contributed by atoms with E-state index in [1.54, 1.807) is 0 Å². The molecule has 0 saturated heterocycles. The molecule has 0 aliphatic carbocycles. The standard InChI is InChI=1S/C17H25NO2/c1-2-3-4-5-8-11-20-17(19)16-12-14-9-6-7-10-15(14)13-18-16/h6-7,9-10,16,18H,2-5,8,11-13H2,1H3. The van der Waals surface area contributed by atoms with Crippen LogP contribution in [0.25, 0.3) is 0 Å². The van der Waals surface area contributed by atoms with Gasteiger partial charge < -0.3 is 10.1 Å². The van der Waals surface area contributed by atoms with Gasteiger partial charge in [0.1, 0.15) is 6.04 Å². The number of rotatable bonds is 7. The summed E-state index contributed by atoms with van der Waals surface area (Å²) in [6, 6.07) is 8.09. The van der Waals surface area contributed by atoms with E-state index in [1.807, 2.05) is 12.1 Å². The van der Waals surface area contributed by atoms with Crippen LogP contribution in [0.2, 0.25) is 0 Å². The topological polar surface area (TPSA) is 38.3 Å². The molecular formula is C17H25NO2. The van der Waals surface area contributed by atoms with E-state index >= 15 is 0 Å². The molecule has 0 radical (unpaired) electrons. The predicted octanol–water partition coefficient (Wildman–Crippen LogP) is 3.21. The number of ether oxygens (including phenoxy) is 1. The maximum atomic E-state index is 12.0. The molecule has 1 aliphatic heterocycles. The van der Waals surface area contributed by atoms with Crippen LogP contribution in [0.3, 0.4) is 0 Å². The third kappa shape index (κ3) is 4.34. The number of benzene rings is 1. The van der Waals surface area contributed by atoms with Gasteiger partial charge in [0.25, 0.3) is 0 Å². The predicted molar refractivity (Wildman–Crippen MR) is 80.5 cm³/mol. The Hall–Kier alpha value is -1.35. The minimum atomic E-state index is -0.180. The lowest BCUT2D eigenvalue weighted by Crippen LogP contribution is -2.42. The van der Waals surface area contributed by atoms with Crippen molar-refractivity contribution in [3.8, 4) is 0 Å². The van der Waals surface area contributed by atoms with Crippen LogP contribution in [0.1, 0.15) is 50.2 Å². The second-order valence-electron chi connectivity index (χ2n) is 5.49. The van der Waals surface area contributed by atoms with Gasteiger partial charge in [0, 0.05) is 6.54 Å². The Labute approximate surface area is 121 Å². The van der Waals surface area contributed by atoms with Gasteiger partial charge in [-0.3, -0.25) is 4.79 Å². The van der Waals surface area contributed by atoms with Crippen molar-refractivity contribution in [2.45, 2.75) is 58.0 Å². The van der Waals surface area contributed by atoms with E-state index in [9.17, 15) is 4.79 Å². The van der Waals surface area contributed by atoms with E-state index in [4.69, 9.17) is 4.74 Å². The molecule has 0 fully saturated rings. The van der Waals surface area contributed by atoms with Crippen molar-refractivity contribution in [1.29, 1.82) is 0 Å². The molecular weight excluding hydrogens is 250 g/mol. The van der Waals surface area contributed by atoms with Crippen LogP contribution in [0.15, 0.2) is 24.3 Å². The molecule has 0 bridgehead atoms. The molecule has 0 spiro atoms. The fraction of sp³-hybridized carbons (Fsp3) is 0.588. The molecule has 0 saturated carbocycles. The first-order valence-electron chi connectivity index (χ1n) is 7.78. The largest absolute Gasteiger partial charge is 0.465 e. The number of hydrogen-bond donors (Lipinski definition) is 1. The zero-order chi connectivity index (χ0) is 14.2. The second-order valence-corrected chi connectivity index (χ2v) is 5.49. The number of hydrogen-bond acceptors (Lipinski definition) is 3. The first-order chi connectivity index (χ1) is 9.81. The summed E-state index contributed by atoms with van der Waals surface area (Å²) in [6.07, 6.45) is 6.63. The monoisotopic (exact) mass is 275 g/mol. The molecule has 1 heterocycles. The van der Waals surface area contributed by atoms with E-state index in [0.29, 0.717) is 6.61 Å². The van der Waals surface area contributed by atoms with Gasteiger partial charge in [0.2, 0.25) is 0 Å². The highest BCUT2D eigenvalue weighted by atomic mass is 16.5. The van der Waals surface area contributed by atoms with E-state index in [-0.39, 0.29) is 12.0 Å². The summed E-state index contributed by atoms with van der Waals surface area (Å²) in [6.45, 7) is 3.52. The van der Waals surface area contributed by atoms with Crippen LogP contribution in [-0.2, 0) is 22.5 Å². The van der Waals surface area contributed by atoms with Crippen LogP contribution < -0.4 is 5.32 Å². The number of fused-ring (bicyclic) bond motifs is 1. The van der Waals surface area contributed by atoms with Gasteiger partial charge in [0.15, 0.2) is 0 Å². The van der Waals surface area contributed by atoms with Crippen LogP contribution in [0, 0.1) is 0 Å². The number of carbonyl (C=O) groups excluding carboxylic acids is 1. The quantitative estimate of drug-likeness (QED) is 0.613. The van der Waals surface area contributed by atoms with Crippen molar-refractivity contribution in [3.63, 3.8) is 0 Å². The molecule has 1 unspecified atom stereocenters. The molecule has 2 rings (SSSR count). The number of carbonyl (C=O) groups is 1. The highest BCUT2D eigenvalue weighted by Gasteiger charge is 2.24. The van der Waals surface area contributed by atoms with Crippen molar-refractivity contribution < 1.29 is 9.53 Å². The summed E-state index contributed by atoms with van der Waals surface area (Å²) < 4.78 is 5.38. The summed E-state index contributed by atoms with van der Waals surface area (Å²) in [4.78, 5) is 12.0. The van der Waals surface area contributed by atoms with Crippen molar-refractivity contribution in [2.75, 3.05) is 6.61 Å². The van der Waals surface area contributed by atoms with Gasteiger partial charge in [-0.2, -0.15) is 0 Å². The fourth-order valence-corrected chi connectivity index (χ4v) is 2.60. The van der Waals surface area contributed by atoms with Crippen molar-refractivity contribution in [2.24, 2.45) is 0 Å². The lowest BCUT2D eigenvalue weighted by atomic mass is 9.96. The van der Waals surface area contributed by atoms with Crippen molar-refractivity contribution >= 4 is 5.97 Å². The molecule has 1 N–H and O–H groups in total. The summed E-state index contributed by atoms with van der Waals surface area (Å²) in [5, 5.41) is 3.26. The van der Waals surface area contributed by atoms with E-state index in [1.165, 1.54) is 30.4 Å². The van der Waals surface area contributed by atoms with Crippen LogP contribution >= 0.6 is 0 Å². The lowest BCUT2D eigenvalue weighted by Gasteiger charge is -2.24. The Bertz CT molecular complexity index is 431. The maximum Gasteiger partial charge on any atom is 0.323 e.